The van der Waals surface area contributed by atoms with Crippen LogP contribution in [0.2, 0.25) is 0 Å². The molecule has 2 aromatic carbocycles. The molecule has 0 saturated heterocycles. The van der Waals surface area contributed by atoms with Crippen LogP contribution >= 0.6 is 0 Å². The molecule has 0 radical (unpaired) electrons. The minimum absolute atomic E-state index is 0.115. The van der Waals surface area contributed by atoms with E-state index in [9.17, 15) is 4.79 Å². The molecular formula is C35H50O4. The van der Waals surface area contributed by atoms with Crippen molar-refractivity contribution >= 4 is 5.97 Å². The second-order valence-electron chi connectivity index (χ2n) is 11.8. The van der Waals surface area contributed by atoms with Crippen LogP contribution in [0.25, 0.3) is 0 Å². The summed E-state index contributed by atoms with van der Waals surface area (Å²) < 4.78 is 18.6. The Bertz CT molecular complexity index is 984. The fraction of sp³-hybridized carbons (Fsp3) is 0.571. The minimum Gasteiger partial charge on any atom is -0.466 e. The average molecular weight is 535 g/mol. The number of methoxy groups -OCH3 is 1. The molecule has 0 bridgehead atoms. The molecule has 5 atom stereocenters. The van der Waals surface area contributed by atoms with E-state index in [1.165, 1.54) is 25.5 Å². The fourth-order valence-electron chi connectivity index (χ4n) is 5.73. The zero-order chi connectivity index (χ0) is 28.0. The van der Waals surface area contributed by atoms with Crippen LogP contribution in [0.5, 0.6) is 0 Å². The topological polar surface area (TPSA) is 44.8 Å². The summed E-state index contributed by atoms with van der Waals surface area (Å²) in [5, 5.41) is 0. The number of rotatable bonds is 8. The number of allylic oxidation sites excluding steroid dienone is 1. The Kier molecular flexibility index (Phi) is 13.3. The van der Waals surface area contributed by atoms with Crippen LogP contribution in [0.15, 0.2) is 72.3 Å². The van der Waals surface area contributed by atoms with Crippen LogP contribution in [-0.4, -0.2) is 25.3 Å². The summed E-state index contributed by atoms with van der Waals surface area (Å²) in [4.78, 5) is 12.9. The van der Waals surface area contributed by atoms with Crippen molar-refractivity contribution in [2.75, 3.05) is 7.11 Å². The minimum atomic E-state index is -0.240. The van der Waals surface area contributed by atoms with Crippen molar-refractivity contribution in [3.8, 4) is 0 Å². The maximum atomic E-state index is 12.9. The van der Waals surface area contributed by atoms with Crippen LogP contribution < -0.4 is 0 Å². The van der Waals surface area contributed by atoms with Gasteiger partial charge < -0.3 is 14.2 Å². The molecule has 0 aromatic heterocycles. The number of esters is 1. The summed E-state index contributed by atoms with van der Waals surface area (Å²) in [6.45, 7) is 10.4. The third-order valence-electron chi connectivity index (χ3n) is 8.36. The quantitative estimate of drug-likeness (QED) is 0.318. The molecule has 1 aliphatic carbocycles. The van der Waals surface area contributed by atoms with E-state index in [-0.39, 0.29) is 24.1 Å². The molecule has 0 N–H and O–H groups in total. The number of carbonyl (C=O) groups excluding carboxylic acids is 1. The van der Waals surface area contributed by atoms with Crippen molar-refractivity contribution in [3.63, 3.8) is 0 Å². The van der Waals surface area contributed by atoms with Gasteiger partial charge in [0.25, 0.3) is 0 Å². The Labute approximate surface area is 237 Å². The summed E-state index contributed by atoms with van der Waals surface area (Å²) in [5.74, 6) is 1.42. The lowest BCUT2D eigenvalue weighted by Crippen LogP contribution is -2.35. The molecule has 2 aromatic rings. The van der Waals surface area contributed by atoms with Crippen molar-refractivity contribution in [1.82, 2.24) is 0 Å². The molecule has 0 aliphatic heterocycles. The molecule has 0 amide bonds. The molecule has 0 saturated carbocycles. The highest BCUT2D eigenvalue weighted by Crippen LogP contribution is 2.34. The van der Waals surface area contributed by atoms with Gasteiger partial charge in [0.2, 0.25) is 0 Å². The Morgan fingerprint density at radius 3 is 2.00 bits per heavy atom. The van der Waals surface area contributed by atoms with Crippen LogP contribution in [-0.2, 0) is 32.2 Å². The van der Waals surface area contributed by atoms with Crippen molar-refractivity contribution in [3.05, 3.63) is 83.4 Å². The normalized spacial score (nSPS) is 26.8. The first-order valence-electron chi connectivity index (χ1n) is 15.0. The number of hydrogen-bond acceptors (Lipinski definition) is 4. The highest BCUT2D eigenvalue weighted by atomic mass is 16.5. The monoisotopic (exact) mass is 534 g/mol. The van der Waals surface area contributed by atoms with Gasteiger partial charge in [-0.2, -0.15) is 0 Å². The van der Waals surface area contributed by atoms with Crippen molar-refractivity contribution in [2.45, 2.75) is 98.1 Å². The summed E-state index contributed by atoms with van der Waals surface area (Å²) in [6, 6.07) is 20.8. The standard InChI is InChI=1S/C35H50O4/c1-26(2)32-23-33(38-24-29-17-8-6-9-18-29)28(4)16-12-14-27(3)15-13-21-31(35(36)37-5)22-34(32)39-25-30-19-10-7-11-20-30/h6-11,17-21,26-28,32-34H,12-16,22-25H2,1-5H3/b31-21+/t27-,28+,32-,33+,34-/m1/s1. The van der Waals surface area contributed by atoms with Gasteiger partial charge in [-0.25, -0.2) is 4.79 Å². The Morgan fingerprint density at radius 1 is 0.846 bits per heavy atom. The van der Waals surface area contributed by atoms with Gasteiger partial charge in [-0.05, 0) is 60.5 Å². The van der Waals surface area contributed by atoms with Gasteiger partial charge in [0.05, 0.1) is 32.5 Å². The van der Waals surface area contributed by atoms with E-state index in [1.807, 2.05) is 24.3 Å². The Balaban J connectivity index is 1.91. The highest BCUT2D eigenvalue weighted by Gasteiger charge is 2.33. The zero-order valence-corrected chi connectivity index (χ0v) is 24.8. The predicted molar refractivity (Wildman–Crippen MR) is 159 cm³/mol. The van der Waals surface area contributed by atoms with E-state index in [0.29, 0.717) is 37.4 Å². The lowest BCUT2D eigenvalue weighted by Gasteiger charge is -2.36. The maximum absolute atomic E-state index is 12.9. The van der Waals surface area contributed by atoms with E-state index >= 15 is 0 Å². The number of carbonyl (C=O) groups is 1. The molecular weight excluding hydrogens is 484 g/mol. The summed E-state index contributed by atoms with van der Waals surface area (Å²) in [6.07, 6.45) is 9.08. The Hall–Kier alpha value is -2.43. The third-order valence-corrected chi connectivity index (χ3v) is 8.36. The van der Waals surface area contributed by atoms with E-state index < -0.39 is 0 Å². The summed E-state index contributed by atoms with van der Waals surface area (Å²) in [5.41, 5.74) is 3.08. The first-order valence-corrected chi connectivity index (χ1v) is 15.0. The SMILES string of the molecule is COC(=O)/C1=C/CC[C@H](C)CCC[C@H](C)[C@@H](OCc2ccccc2)C[C@H](C(C)C)[C@H](OCc2ccccc2)C1. The molecule has 4 nitrogen and oxygen atoms in total. The van der Waals surface area contributed by atoms with Crippen molar-refractivity contribution < 1.29 is 19.0 Å². The van der Waals surface area contributed by atoms with E-state index in [4.69, 9.17) is 14.2 Å². The van der Waals surface area contributed by atoms with Crippen LogP contribution in [0.4, 0.5) is 0 Å². The number of benzene rings is 2. The second-order valence-corrected chi connectivity index (χ2v) is 11.8. The predicted octanol–water partition coefficient (Wildman–Crippen LogP) is 8.55. The van der Waals surface area contributed by atoms with Crippen molar-refractivity contribution in [2.24, 2.45) is 23.7 Å². The van der Waals surface area contributed by atoms with Crippen molar-refractivity contribution in [1.29, 1.82) is 0 Å². The first-order chi connectivity index (χ1) is 18.9. The molecule has 3 rings (SSSR count). The molecule has 1 aliphatic rings. The molecule has 0 heterocycles. The van der Waals surface area contributed by atoms with Gasteiger partial charge in [-0.15, -0.1) is 0 Å². The average Bonchev–Trinajstić information content (AvgIpc) is 2.94. The lowest BCUT2D eigenvalue weighted by atomic mass is 9.79. The Morgan fingerprint density at radius 2 is 1.44 bits per heavy atom. The van der Waals surface area contributed by atoms with Gasteiger partial charge in [0, 0.05) is 12.0 Å². The molecule has 0 fully saturated rings. The highest BCUT2D eigenvalue weighted by molar-refractivity contribution is 5.88. The lowest BCUT2D eigenvalue weighted by molar-refractivity contribution is -0.137. The van der Waals surface area contributed by atoms with Gasteiger partial charge >= 0.3 is 5.97 Å². The van der Waals surface area contributed by atoms with Crippen LogP contribution in [0.1, 0.15) is 83.8 Å². The third kappa shape index (κ3) is 10.6. The smallest absolute Gasteiger partial charge is 0.333 e. The van der Waals surface area contributed by atoms with E-state index in [1.54, 1.807) is 0 Å². The fourth-order valence-corrected chi connectivity index (χ4v) is 5.73. The van der Waals surface area contributed by atoms with Crippen LogP contribution in [0, 0.1) is 23.7 Å². The maximum Gasteiger partial charge on any atom is 0.333 e. The van der Waals surface area contributed by atoms with Gasteiger partial charge in [0.15, 0.2) is 0 Å². The van der Waals surface area contributed by atoms with E-state index in [0.717, 1.165) is 36.8 Å². The van der Waals surface area contributed by atoms with Gasteiger partial charge in [-0.1, -0.05) is 107 Å². The number of ether oxygens (including phenoxy) is 3. The first kappa shape index (κ1) is 31.1. The van der Waals surface area contributed by atoms with Gasteiger partial charge in [-0.3, -0.25) is 0 Å². The van der Waals surface area contributed by atoms with E-state index in [2.05, 4.69) is 70.2 Å². The number of hydrogen-bond donors (Lipinski definition) is 0. The largest absolute Gasteiger partial charge is 0.466 e. The molecule has 0 spiro atoms. The molecule has 4 heteroatoms. The molecule has 0 unspecified atom stereocenters. The second kappa shape index (κ2) is 16.6. The van der Waals surface area contributed by atoms with Crippen LogP contribution in [0.3, 0.4) is 0 Å². The summed E-state index contributed by atoms with van der Waals surface area (Å²) >= 11 is 0. The molecule has 39 heavy (non-hydrogen) atoms. The zero-order valence-electron chi connectivity index (χ0n) is 24.8. The van der Waals surface area contributed by atoms with Gasteiger partial charge in [0.1, 0.15) is 0 Å². The summed E-state index contributed by atoms with van der Waals surface area (Å²) in [7, 11) is 1.48. The molecule has 214 valence electrons.